The van der Waals surface area contributed by atoms with E-state index in [0.717, 1.165) is 12.8 Å². The maximum absolute atomic E-state index is 11.4. The average molecular weight is 235 g/mol. The van der Waals surface area contributed by atoms with Crippen LogP contribution < -0.4 is 5.32 Å². The molecule has 1 aromatic carbocycles. The molecule has 1 aromatic rings. The number of aryl methyl sites for hydroxylation is 1. The third-order valence-corrected chi connectivity index (χ3v) is 2.43. The van der Waals surface area contributed by atoms with Crippen LogP contribution in [0.25, 0.3) is 0 Å². The highest BCUT2D eigenvalue weighted by atomic mass is 16.3. The summed E-state index contributed by atoms with van der Waals surface area (Å²) in [5, 5.41) is 11.4. The number of aliphatic hydroxyl groups excluding tert-OH is 1. The van der Waals surface area contributed by atoms with Gasteiger partial charge in [-0.1, -0.05) is 30.3 Å². The summed E-state index contributed by atoms with van der Waals surface area (Å²) < 4.78 is 0. The van der Waals surface area contributed by atoms with E-state index < -0.39 is 0 Å². The van der Waals surface area contributed by atoms with Crippen molar-refractivity contribution in [2.24, 2.45) is 0 Å². The fraction of sp³-hybridized carbons (Fsp3) is 0.385. The first-order chi connectivity index (χ1) is 8.24. The van der Waals surface area contributed by atoms with Crippen molar-refractivity contribution in [3.8, 4) is 0 Å². The van der Waals surface area contributed by atoms with Crippen molar-refractivity contribution in [3.05, 3.63) is 42.4 Å². The quantitative estimate of drug-likeness (QED) is 0.733. The molecule has 1 radical (unpaired) electrons. The van der Waals surface area contributed by atoms with E-state index in [-0.39, 0.29) is 12.6 Å². The average Bonchev–Trinajstić information content (AvgIpc) is 2.36. The second kappa shape index (κ2) is 7.68. The van der Waals surface area contributed by atoms with Crippen LogP contribution in [0.2, 0.25) is 0 Å². The van der Waals surface area contributed by atoms with Crippen LogP contribution in [0, 0.1) is 6.54 Å². The Labute approximate surface area is 102 Å². The molecule has 1 rings (SSSR count). The summed E-state index contributed by atoms with van der Waals surface area (Å²) in [6, 6.07) is 9.93. The Morgan fingerprint density at radius 2 is 2.12 bits per heavy atom. The van der Waals surface area contributed by atoms with Gasteiger partial charge in [0.15, 0.2) is 0 Å². The van der Waals surface area contributed by atoms with Crippen molar-refractivity contribution in [1.82, 2.24) is 10.2 Å². The molecule has 0 aliphatic heterocycles. The standard InChI is InChI=1S/C13H19N2O2/c1-15(10-11-16)13(17)14-9-5-8-12-6-3-2-4-7-12/h2-4,6-7,9,16H,5,8,10-11H2,1H3,(H,14,17). The first kappa shape index (κ1) is 13.5. The van der Waals surface area contributed by atoms with Gasteiger partial charge >= 0.3 is 6.03 Å². The molecular weight excluding hydrogens is 216 g/mol. The lowest BCUT2D eigenvalue weighted by molar-refractivity contribution is 0.192. The number of likely N-dealkylation sites (N-methyl/N-ethyl adjacent to an activating group) is 1. The van der Waals surface area contributed by atoms with E-state index in [4.69, 9.17) is 5.11 Å². The van der Waals surface area contributed by atoms with E-state index in [0.29, 0.717) is 6.54 Å². The van der Waals surface area contributed by atoms with Gasteiger partial charge < -0.3 is 15.3 Å². The second-order valence-corrected chi connectivity index (χ2v) is 3.82. The number of hydrogen-bond acceptors (Lipinski definition) is 2. The molecule has 17 heavy (non-hydrogen) atoms. The van der Waals surface area contributed by atoms with Crippen LogP contribution in [0.5, 0.6) is 0 Å². The normalized spacial score (nSPS) is 10.0. The Kier molecular flexibility index (Phi) is 6.10. The van der Waals surface area contributed by atoms with Gasteiger partial charge in [-0.15, -0.1) is 0 Å². The fourth-order valence-electron chi connectivity index (χ4n) is 1.40. The molecule has 4 nitrogen and oxygen atoms in total. The molecule has 93 valence electrons. The molecule has 0 unspecified atom stereocenters. The Morgan fingerprint density at radius 1 is 1.41 bits per heavy atom. The SMILES string of the molecule is CN(CCO)C(=O)N[CH]CCc1ccccc1. The summed E-state index contributed by atoms with van der Waals surface area (Å²) >= 11 is 0. The largest absolute Gasteiger partial charge is 0.395 e. The van der Waals surface area contributed by atoms with Crippen molar-refractivity contribution in [3.63, 3.8) is 0 Å². The topological polar surface area (TPSA) is 52.6 Å². The molecule has 0 saturated heterocycles. The molecule has 0 heterocycles. The number of rotatable bonds is 6. The molecule has 0 aliphatic rings. The zero-order valence-corrected chi connectivity index (χ0v) is 10.1. The Balaban J connectivity index is 2.14. The van der Waals surface area contributed by atoms with Crippen LogP contribution in [0.1, 0.15) is 12.0 Å². The fourth-order valence-corrected chi connectivity index (χ4v) is 1.40. The smallest absolute Gasteiger partial charge is 0.317 e. The van der Waals surface area contributed by atoms with Crippen LogP contribution in [0.3, 0.4) is 0 Å². The maximum Gasteiger partial charge on any atom is 0.317 e. The van der Waals surface area contributed by atoms with Gasteiger partial charge in [0.1, 0.15) is 0 Å². The Hall–Kier alpha value is -1.55. The molecule has 0 spiro atoms. The van der Waals surface area contributed by atoms with Crippen molar-refractivity contribution >= 4 is 6.03 Å². The van der Waals surface area contributed by atoms with Crippen molar-refractivity contribution < 1.29 is 9.90 Å². The number of nitrogens with one attached hydrogen (secondary N) is 1. The number of amides is 2. The number of carbonyl (C=O) groups excluding carboxylic acids is 1. The Morgan fingerprint density at radius 3 is 2.76 bits per heavy atom. The van der Waals surface area contributed by atoms with Crippen LogP contribution in [-0.4, -0.2) is 36.2 Å². The minimum absolute atomic E-state index is 0.0199. The summed E-state index contributed by atoms with van der Waals surface area (Å²) in [6.45, 7) is 2.08. The van der Waals surface area contributed by atoms with Crippen molar-refractivity contribution in [2.75, 3.05) is 20.2 Å². The van der Waals surface area contributed by atoms with Crippen LogP contribution >= 0.6 is 0 Å². The zero-order chi connectivity index (χ0) is 12.5. The maximum atomic E-state index is 11.4. The van der Waals surface area contributed by atoms with Gasteiger partial charge in [-0.05, 0) is 18.4 Å². The monoisotopic (exact) mass is 235 g/mol. The van der Waals surface area contributed by atoms with Crippen molar-refractivity contribution in [2.45, 2.75) is 12.8 Å². The highest BCUT2D eigenvalue weighted by Crippen LogP contribution is 2.02. The van der Waals surface area contributed by atoms with E-state index in [1.54, 1.807) is 13.6 Å². The highest BCUT2D eigenvalue weighted by Gasteiger charge is 2.05. The lowest BCUT2D eigenvalue weighted by Gasteiger charge is -2.16. The van der Waals surface area contributed by atoms with E-state index in [2.05, 4.69) is 17.4 Å². The van der Waals surface area contributed by atoms with Gasteiger partial charge in [-0.25, -0.2) is 4.79 Å². The van der Waals surface area contributed by atoms with Gasteiger partial charge in [-0.2, -0.15) is 0 Å². The van der Waals surface area contributed by atoms with Gasteiger partial charge in [0, 0.05) is 13.6 Å². The van der Waals surface area contributed by atoms with Gasteiger partial charge in [-0.3, -0.25) is 0 Å². The molecule has 2 N–H and O–H groups in total. The van der Waals surface area contributed by atoms with E-state index >= 15 is 0 Å². The Bertz CT molecular complexity index is 327. The minimum Gasteiger partial charge on any atom is -0.395 e. The van der Waals surface area contributed by atoms with Crippen LogP contribution in [0.4, 0.5) is 4.79 Å². The molecule has 0 fully saturated rings. The number of benzene rings is 1. The summed E-state index contributed by atoms with van der Waals surface area (Å²) in [6.07, 6.45) is 1.70. The summed E-state index contributed by atoms with van der Waals surface area (Å²) in [7, 11) is 1.65. The predicted molar refractivity (Wildman–Crippen MR) is 67.3 cm³/mol. The predicted octanol–water partition coefficient (Wildman–Crippen LogP) is 1.41. The molecular formula is C13H19N2O2. The first-order valence-corrected chi connectivity index (χ1v) is 5.72. The van der Waals surface area contributed by atoms with E-state index in [9.17, 15) is 4.79 Å². The number of nitrogens with zero attached hydrogens (tertiary/aromatic N) is 1. The van der Waals surface area contributed by atoms with Gasteiger partial charge in [0.05, 0.1) is 13.2 Å². The highest BCUT2D eigenvalue weighted by molar-refractivity contribution is 5.74. The minimum atomic E-state index is -0.188. The third kappa shape index (κ3) is 5.36. The molecule has 4 heteroatoms. The lowest BCUT2D eigenvalue weighted by Crippen LogP contribution is -2.37. The number of hydrogen-bond donors (Lipinski definition) is 2. The number of aliphatic hydroxyl groups is 1. The third-order valence-electron chi connectivity index (χ3n) is 2.43. The molecule has 0 saturated carbocycles. The number of carbonyl (C=O) groups is 1. The van der Waals surface area contributed by atoms with E-state index in [1.807, 2.05) is 18.2 Å². The molecule has 0 atom stereocenters. The van der Waals surface area contributed by atoms with Crippen LogP contribution in [0.15, 0.2) is 30.3 Å². The van der Waals surface area contributed by atoms with Crippen LogP contribution in [-0.2, 0) is 6.42 Å². The van der Waals surface area contributed by atoms with Gasteiger partial charge in [0.2, 0.25) is 0 Å². The summed E-state index contributed by atoms with van der Waals surface area (Å²) in [5.41, 5.74) is 1.25. The summed E-state index contributed by atoms with van der Waals surface area (Å²) in [5.74, 6) is 0. The lowest BCUT2D eigenvalue weighted by atomic mass is 10.1. The molecule has 2 amide bonds. The van der Waals surface area contributed by atoms with Gasteiger partial charge in [0.25, 0.3) is 0 Å². The van der Waals surface area contributed by atoms with Crippen molar-refractivity contribution in [1.29, 1.82) is 0 Å². The number of urea groups is 1. The molecule has 0 aromatic heterocycles. The van der Waals surface area contributed by atoms with E-state index in [1.165, 1.54) is 10.5 Å². The molecule has 0 bridgehead atoms. The zero-order valence-electron chi connectivity index (χ0n) is 10.1. The second-order valence-electron chi connectivity index (χ2n) is 3.82. The summed E-state index contributed by atoms with van der Waals surface area (Å²) in [4.78, 5) is 12.9. The first-order valence-electron chi connectivity index (χ1n) is 5.72. The molecule has 0 aliphatic carbocycles.